The van der Waals surface area contributed by atoms with Crippen LogP contribution in [0.5, 0.6) is 0 Å². The Morgan fingerprint density at radius 1 is 0.919 bits per heavy atom. The van der Waals surface area contributed by atoms with Gasteiger partial charge in [0.25, 0.3) is 11.6 Å². The monoisotopic (exact) mass is 500 g/mol. The summed E-state index contributed by atoms with van der Waals surface area (Å²) >= 11 is 0. The number of ether oxygens (including phenoxy) is 2. The third-order valence-electron chi connectivity index (χ3n) is 5.17. The van der Waals surface area contributed by atoms with E-state index in [-0.39, 0.29) is 11.1 Å². The molecule has 0 unspecified atom stereocenters. The first-order chi connectivity index (χ1) is 17.9. The molecule has 3 aromatic carbocycles. The molecule has 0 radical (unpaired) electrons. The van der Waals surface area contributed by atoms with Gasteiger partial charge in [0.05, 0.1) is 34.5 Å². The first-order valence-corrected chi connectivity index (χ1v) is 10.9. The van der Waals surface area contributed by atoms with Gasteiger partial charge in [0, 0.05) is 23.8 Å². The highest BCUT2D eigenvalue weighted by molar-refractivity contribution is 5.98. The molecule has 4 aromatic rings. The molecule has 0 spiro atoms. The summed E-state index contributed by atoms with van der Waals surface area (Å²) < 4.78 is 11.2. The van der Waals surface area contributed by atoms with Gasteiger partial charge in [0.2, 0.25) is 0 Å². The molecule has 11 nitrogen and oxygen atoms in total. The molecule has 0 saturated heterocycles. The third-order valence-corrected chi connectivity index (χ3v) is 5.17. The average Bonchev–Trinajstić information content (AvgIpc) is 3.35. The number of para-hydroxylation sites is 1. The largest absolute Gasteiger partial charge is 0.465 e. The van der Waals surface area contributed by atoms with Crippen LogP contribution in [0.2, 0.25) is 0 Å². The minimum absolute atomic E-state index is 0.201. The van der Waals surface area contributed by atoms with Crippen LogP contribution in [0.3, 0.4) is 0 Å². The number of nitrogens with zero attached hydrogens (tertiary/aromatic N) is 3. The summed E-state index contributed by atoms with van der Waals surface area (Å²) in [5.74, 6) is -2.21. The van der Waals surface area contributed by atoms with Gasteiger partial charge in [-0.25, -0.2) is 14.3 Å². The summed E-state index contributed by atoms with van der Waals surface area (Å²) in [7, 11) is 1.10. The van der Waals surface area contributed by atoms with E-state index in [4.69, 9.17) is 4.74 Å². The average molecular weight is 500 g/mol. The Balaban J connectivity index is 1.52. The van der Waals surface area contributed by atoms with E-state index in [1.807, 2.05) is 60.7 Å². The first-order valence-electron chi connectivity index (χ1n) is 10.9. The Bertz CT molecular complexity index is 1470. The molecule has 1 N–H and O–H groups in total. The summed E-state index contributed by atoms with van der Waals surface area (Å²) in [6.45, 7) is -0.685. The fourth-order valence-electron chi connectivity index (χ4n) is 3.45. The van der Waals surface area contributed by atoms with Crippen molar-refractivity contribution in [3.63, 3.8) is 0 Å². The summed E-state index contributed by atoms with van der Waals surface area (Å²) in [5.41, 5.74) is 1.18. The predicted molar refractivity (Wildman–Crippen MR) is 132 cm³/mol. The molecular weight excluding hydrogens is 480 g/mol. The number of aromatic nitrogens is 2. The van der Waals surface area contributed by atoms with E-state index in [1.165, 1.54) is 0 Å². The van der Waals surface area contributed by atoms with E-state index in [9.17, 15) is 24.5 Å². The molecule has 0 bridgehead atoms. The Hall–Kier alpha value is -5.32. The standard InChI is InChI=1S/C26H20N4O7/c1-36-25(32)18-12-19(14-21(13-18)30(34)35)26(33)37-16-24(31)27-23-15-22(17-8-4-2-5-9-17)28-29(23)20-10-6-3-7-11-20/h2-15H,16H2,1H3,(H,27,31). The van der Waals surface area contributed by atoms with Gasteiger partial charge in [-0.05, 0) is 18.2 Å². The zero-order valence-electron chi connectivity index (χ0n) is 19.5. The van der Waals surface area contributed by atoms with Gasteiger partial charge in [0.1, 0.15) is 5.82 Å². The lowest BCUT2D eigenvalue weighted by Crippen LogP contribution is -2.22. The molecule has 0 aliphatic carbocycles. The van der Waals surface area contributed by atoms with Gasteiger partial charge < -0.3 is 14.8 Å². The number of hydrogen-bond acceptors (Lipinski definition) is 8. The molecule has 0 aliphatic heterocycles. The maximum absolute atomic E-state index is 12.7. The number of esters is 2. The van der Waals surface area contributed by atoms with Crippen molar-refractivity contribution in [3.05, 3.63) is 106 Å². The second kappa shape index (κ2) is 11.0. The van der Waals surface area contributed by atoms with E-state index in [2.05, 4.69) is 15.2 Å². The fraction of sp³-hybridized carbons (Fsp3) is 0.0769. The number of amides is 1. The molecule has 37 heavy (non-hydrogen) atoms. The minimum atomic E-state index is -1.02. The summed E-state index contributed by atoms with van der Waals surface area (Å²) in [6, 6.07) is 23.2. The number of non-ortho nitro benzene ring substituents is 1. The molecule has 1 amide bonds. The van der Waals surface area contributed by atoms with Crippen LogP contribution in [0.15, 0.2) is 84.9 Å². The highest BCUT2D eigenvalue weighted by Gasteiger charge is 2.20. The lowest BCUT2D eigenvalue weighted by atomic mass is 10.1. The van der Waals surface area contributed by atoms with Gasteiger partial charge in [-0.1, -0.05) is 48.5 Å². The highest BCUT2D eigenvalue weighted by Crippen LogP contribution is 2.25. The van der Waals surface area contributed by atoms with Crippen molar-refractivity contribution in [1.29, 1.82) is 0 Å². The number of nitro groups is 1. The number of carbonyl (C=O) groups is 3. The smallest absolute Gasteiger partial charge is 0.338 e. The van der Waals surface area contributed by atoms with E-state index < -0.39 is 35.1 Å². The molecule has 1 heterocycles. The van der Waals surface area contributed by atoms with E-state index in [0.717, 1.165) is 30.9 Å². The number of nitrogens with one attached hydrogen (secondary N) is 1. The summed E-state index contributed by atoms with van der Waals surface area (Å²) in [6.07, 6.45) is 0. The topological polar surface area (TPSA) is 143 Å². The third kappa shape index (κ3) is 5.85. The molecule has 1 aromatic heterocycles. The quantitative estimate of drug-likeness (QED) is 0.217. The summed E-state index contributed by atoms with van der Waals surface area (Å²) in [5, 5.41) is 18.5. The SMILES string of the molecule is COC(=O)c1cc(C(=O)OCC(=O)Nc2cc(-c3ccccc3)nn2-c2ccccc2)cc([N+](=O)[O-])c1. The van der Waals surface area contributed by atoms with E-state index in [1.54, 1.807) is 10.7 Å². The Morgan fingerprint density at radius 3 is 2.16 bits per heavy atom. The van der Waals surface area contributed by atoms with E-state index >= 15 is 0 Å². The van der Waals surface area contributed by atoms with Crippen LogP contribution >= 0.6 is 0 Å². The van der Waals surface area contributed by atoms with Crippen LogP contribution in [0.25, 0.3) is 16.9 Å². The molecule has 0 fully saturated rings. The van der Waals surface area contributed by atoms with Crippen LogP contribution in [0.4, 0.5) is 11.5 Å². The first kappa shape index (κ1) is 24.8. The number of rotatable bonds is 8. The Labute approximate surface area is 210 Å². The van der Waals surface area contributed by atoms with Crippen molar-refractivity contribution in [2.24, 2.45) is 0 Å². The maximum Gasteiger partial charge on any atom is 0.338 e. The number of benzene rings is 3. The molecule has 11 heteroatoms. The molecule has 0 atom stereocenters. The van der Waals surface area contributed by atoms with Crippen LogP contribution in [-0.2, 0) is 14.3 Å². The number of anilines is 1. The number of methoxy groups -OCH3 is 1. The highest BCUT2D eigenvalue weighted by atomic mass is 16.6. The normalized spacial score (nSPS) is 10.4. The zero-order chi connectivity index (χ0) is 26.4. The van der Waals surface area contributed by atoms with Crippen molar-refractivity contribution in [2.45, 2.75) is 0 Å². The number of carbonyl (C=O) groups excluding carboxylic acids is 3. The van der Waals surface area contributed by atoms with Crippen molar-refractivity contribution >= 4 is 29.4 Å². The van der Waals surface area contributed by atoms with Crippen molar-refractivity contribution in [1.82, 2.24) is 9.78 Å². The zero-order valence-corrected chi connectivity index (χ0v) is 19.5. The van der Waals surface area contributed by atoms with Crippen molar-refractivity contribution < 1.29 is 28.8 Å². The van der Waals surface area contributed by atoms with Crippen LogP contribution < -0.4 is 5.32 Å². The van der Waals surface area contributed by atoms with Crippen LogP contribution in [-0.4, -0.2) is 46.3 Å². The van der Waals surface area contributed by atoms with Crippen molar-refractivity contribution in [2.75, 3.05) is 19.0 Å². The number of nitro benzene ring substituents is 1. The predicted octanol–water partition coefficient (Wildman–Crippen LogP) is 4.03. The van der Waals surface area contributed by atoms with Gasteiger partial charge in [-0.3, -0.25) is 14.9 Å². The minimum Gasteiger partial charge on any atom is -0.465 e. The lowest BCUT2D eigenvalue weighted by molar-refractivity contribution is -0.384. The van der Waals surface area contributed by atoms with E-state index in [0.29, 0.717) is 17.2 Å². The van der Waals surface area contributed by atoms with Gasteiger partial charge in [-0.2, -0.15) is 5.10 Å². The molecule has 0 aliphatic rings. The Morgan fingerprint density at radius 2 is 1.54 bits per heavy atom. The van der Waals surface area contributed by atoms with Gasteiger partial charge in [-0.15, -0.1) is 0 Å². The molecule has 4 rings (SSSR count). The Kier molecular flexibility index (Phi) is 7.34. The maximum atomic E-state index is 12.7. The second-order valence-electron chi connectivity index (χ2n) is 7.67. The molecule has 0 saturated carbocycles. The van der Waals surface area contributed by atoms with Gasteiger partial charge in [0.15, 0.2) is 6.61 Å². The summed E-state index contributed by atoms with van der Waals surface area (Å²) in [4.78, 5) is 47.4. The lowest BCUT2D eigenvalue weighted by Gasteiger charge is -2.09. The fourth-order valence-corrected chi connectivity index (χ4v) is 3.45. The second-order valence-corrected chi connectivity index (χ2v) is 7.67. The van der Waals surface area contributed by atoms with Crippen molar-refractivity contribution in [3.8, 4) is 16.9 Å². The molecular formula is C26H20N4O7. The molecule has 186 valence electrons. The van der Waals surface area contributed by atoms with Crippen LogP contribution in [0, 0.1) is 10.1 Å². The number of hydrogen-bond donors (Lipinski definition) is 1. The van der Waals surface area contributed by atoms with Crippen LogP contribution in [0.1, 0.15) is 20.7 Å². The van der Waals surface area contributed by atoms with Gasteiger partial charge >= 0.3 is 11.9 Å².